The third-order valence-electron chi connectivity index (χ3n) is 4.09. The van der Waals surface area contributed by atoms with Crippen LogP contribution >= 0.6 is 0 Å². The number of anilines is 1. The van der Waals surface area contributed by atoms with Crippen LogP contribution in [0, 0.1) is 5.82 Å². The lowest BCUT2D eigenvalue weighted by atomic mass is 10.1. The van der Waals surface area contributed by atoms with Crippen molar-refractivity contribution in [2.24, 2.45) is 0 Å². The van der Waals surface area contributed by atoms with Gasteiger partial charge in [0.2, 0.25) is 15.9 Å². The number of carbonyl (C=O) groups excluding carboxylic acids is 1. The van der Waals surface area contributed by atoms with Crippen molar-refractivity contribution < 1.29 is 27.1 Å². The van der Waals surface area contributed by atoms with E-state index in [0.717, 1.165) is 28.3 Å². The highest BCUT2D eigenvalue weighted by atomic mass is 32.2. The fourth-order valence-electron chi connectivity index (χ4n) is 2.63. The van der Waals surface area contributed by atoms with Gasteiger partial charge in [-0.1, -0.05) is 6.07 Å². The summed E-state index contributed by atoms with van der Waals surface area (Å²) >= 11 is 0. The van der Waals surface area contributed by atoms with Gasteiger partial charge in [-0.2, -0.15) is 0 Å². The van der Waals surface area contributed by atoms with Gasteiger partial charge in [-0.25, -0.2) is 12.8 Å². The molecule has 28 heavy (non-hydrogen) atoms. The zero-order valence-electron chi connectivity index (χ0n) is 16.1. The Morgan fingerprint density at radius 1 is 1.11 bits per heavy atom. The second kappa shape index (κ2) is 8.92. The van der Waals surface area contributed by atoms with Crippen LogP contribution in [-0.2, 0) is 14.8 Å². The molecular formula is C19H23FN2O5S. The molecule has 7 nitrogen and oxygen atoms in total. The first-order valence-corrected chi connectivity index (χ1v) is 10.2. The van der Waals surface area contributed by atoms with Crippen molar-refractivity contribution in [1.29, 1.82) is 0 Å². The lowest BCUT2D eigenvalue weighted by molar-refractivity contribution is -0.120. The van der Waals surface area contributed by atoms with Gasteiger partial charge < -0.3 is 14.8 Å². The SMILES string of the molecule is COc1ccc([C@H](C)NC(=O)CN(c2ccc(F)cc2)S(C)(=O)=O)cc1OC. The fourth-order valence-corrected chi connectivity index (χ4v) is 3.49. The number of rotatable bonds is 8. The molecule has 9 heteroatoms. The lowest BCUT2D eigenvalue weighted by Gasteiger charge is -2.23. The van der Waals surface area contributed by atoms with E-state index in [9.17, 15) is 17.6 Å². The molecule has 2 aromatic rings. The van der Waals surface area contributed by atoms with Crippen LogP contribution in [0.3, 0.4) is 0 Å². The average Bonchev–Trinajstić information content (AvgIpc) is 2.65. The Bertz CT molecular complexity index is 932. The maximum absolute atomic E-state index is 13.1. The average molecular weight is 410 g/mol. The van der Waals surface area contributed by atoms with E-state index in [-0.39, 0.29) is 5.69 Å². The third kappa shape index (κ3) is 5.35. The zero-order chi connectivity index (χ0) is 20.9. The van der Waals surface area contributed by atoms with Crippen molar-refractivity contribution in [2.45, 2.75) is 13.0 Å². The maximum Gasteiger partial charge on any atom is 0.241 e. The van der Waals surface area contributed by atoms with Crippen LogP contribution in [0.1, 0.15) is 18.5 Å². The van der Waals surface area contributed by atoms with Gasteiger partial charge >= 0.3 is 0 Å². The third-order valence-corrected chi connectivity index (χ3v) is 5.23. The van der Waals surface area contributed by atoms with Crippen molar-refractivity contribution in [1.82, 2.24) is 5.32 Å². The van der Waals surface area contributed by atoms with Gasteiger partial charge in [-0.05, 0) is 48.9 Å². The molecule has 0 aliphatic carbocycles. The first kappa shape index (κ1) is 21.5. The smallest absolute Gasteiger partial charge is 0.241 e. The number of methoxy groups -OCH3 is 2. The van der Waals surface area contributed by atoms with Gasteiger partial charge in [0, 0.05) is 0 Å². The summed E-state index contributed by atoms with van der Waals surface area (Å²) < 4.78 is 48.6. The standard InChI is InChI=1S/C19H23FN2O5S/c1-13(14-5-10-17(26-2)18(11-14)27-3)21-19(23)12-22(28(4,24)25)16-8-6-15(20)7-9-16/h5-11,13H,12H2,1-4H3,(H,21,23)/t13-/m0/s1. The number of ether oxygens (including phenoxy) is 2. The van der Waals surface area contributed by atoms with Gasteiger partial charge in [0.25, 0.3) is 0 Å². The van der Waals surface area contributed by atoms with Gasteiger partial charge in [-0.15, -0.1) is 0 Å². The molecule has 0 aromatic heterocycles. The summed E-state index contributed by atoms with van der Waals surface area (Å²) in [6, 6.07) is 9.72. The minimum Gasteiger partial charge on any atom is -0.493 e. The van der Waals surface area contributed by atoms with E-state index in [1.165, 1.54) is 26.4 Å². The van der Waals surface area contributed by atoms with Crippen LogP contribution in [0.15, 0.2) is 42.5 Å². The Morgan fingerprint density at radius 2 is 1.71 bits per heavy atom. The van der Waals surface area contributed by atoms with Gasteiger partial charge in [0.1, 0.15) is 12.4 Å². The fraction of sp³-hybridized carbons (Fsp3) is 0.316. The Balaban J connectivity index is 2.15. The number of sulfonamides is 1. The number of hydrogen-bond acceptors (Lipinski definition) is 5. The normalized spacial score (nSPS) is 12.2. The van der Waals surface area contributed by atoms with Crippen LogP contribution in [0.2, 0.25) is 0 Å². The summed E-state index contributed by atoms with van der Waals surface area (Å²) in [6.07, 6.45) is 0.988. The second-order valence-electron chi connectivity index (χ2n) is 6.15. The highest BCUT2D eigenvalue weighted by molar-refractivity contribution is 7.92. The van der Waals surface area contributed by atoms with Crippen LogP contribution in [-0.4, -0.2) is 41.3 Å². The molecule has 0 radical (unpaired) electrons. The largest absolute Gasteiger partial charge is 0.493 e. The summed E-state index contributed by atoms with van der Waals surface area (Å²) in [6.45, 7) is 1.34. The van der Waals surface area contributed by atoms with Gasteiger partial charge in [0.15, 0.2) is 11.5 Å². The predicted molar refractivity (Wildman–Crippen MR) is 105 cm³/mol. The summed E-state index contributed by atoms with van der Waals surface area (Å²) in [5.41, 5.74) is 0.969. The predicted octanol–water partition coefficient (Wildman–Crippen LogP) is 2.49. The van der Waals surface area contributed by atoms with Gasteiger partial charge in [0.05, 0.1) is 32.2 Å². The Morgan fingerprint density at radius 3 is 2.25 bits per heavy atom. The zero-order valence-corrected chi connectivity index (χ0v) is 16.9. The second-order valence-corrected chi connectivity index (χ2v) is 8.06. The number of nitrogens with one attached hydrogen (secondary N) is 1. The number of carbonyl (C=O) groups is 1. The Hall–Kier alpha value is -2.81. The van der Waals surface area contributed by atoms with Gasteiger partial charge in [-0.3, -0.25) is 9.10 Å². The first-order valence-electron chi connectivity index (χ1n) is 8.40. The maximum atomic E-state index is 13.1. The summed E-state index contributed by atoms with van der Waals surface area (Å²) in [5.74, 6) is 0.0790. The molecule has 1 amide bonds. The molecule has 0 saturated carbocycles. The summed E-state index contributed by atoms with van der Waals surface area (Å²) in [5, 5.41) is 2.75. The quantitative estimate of drug-likeness (QED) is 0.723. The molecular weight excluding hydrogens is 387 g/mol. The molecule has 0 aliphatic heterocycles. The van der Waals surface area contributed by atoms with E-state index >= 15 is 0 Å². The van der Waals surface area contributed by atoms with Crippen LogP contribution in [0.25, 0.3) is 0 Å². The molecule has 0 spiro atoms. The molecule has 1 atom stereocenters. The van der Waals surface area contributed by atoms with Crippen molar-refractivity contribution >= 4 is 21.6 Å². The number of nitrogens with zero attached hydrogens (tertiary/aromatic N) is 1. The molecule has 0 bridgehead atoms. The minimum absolute atomic E-state index is 0.206. The summed E-state index contributed by atoms with van der Waals surface area (Å²) in [7, 11) is -0.695. The van der Waals surface area contributed by atoms with Crippen molar-refractivity contribution in [3.05, 3.63) is 53.8 Å². The van der Waals surface area contributed by atoms with Crippen molar-refractivity contribution in [3.63, 3.8) is 0 Å². The molecule has 0 saturated heterocycles. The number of amides is 1. The van der Waals surface area contributed by atoms with Crippen LogP contribution < -0.4 is 19.1 Å². The molecule has 2 rings (SSSR count). The molecule has 0 fully saturated rings. The summed E-state index contributed by atoms with van der Waals surface area (Å²) in [4.78, 5) is 12.5. The molecule has 152 valence electrons. The van der Waals surface area contributed by atoms with E-state index in [2.05, 4.69) is 5.32 Å². The minimum atomic E-state index is -3.73. The molecule has 2 aromatic carbocycles. The molecule has 0 aliphatic rings. The first-order chi connectivity index (χ1) is 13.2. The number of halogens is 1. The Labute approximate surface area is 164 Å². The number of hydrogen-bond donors (Lipinski definition) is 1. The highest BCUT2D eigenvalue weighted by Crippen LogP contribution is 2.30. The Kier molecular flexibility index (Phi) is 6.85. The topological polar surface area (TPSA) is 84.9 Å². The molecule has 1 N–H and O–H groups in total. The van der Waals surface area contributed by atoms with Crippen LogP contribution in [0.5, 0.6) is 11.5 Å². The van der Waals surface area contributed by atoms with Crippen LogP contribution in [0.4, 0.5) is 10.1 Å². The molecule has 0 heterocycles. The number of benzene rings is 2. The lowest BCUT2D eigenvalue weighted by Crippen LogP contribution is -2.41. The van der Waals surface area contributed by atoms with E-state index in [4.69, 9.17) is 9.47 Å². The van der Waals surface area contributed by atoms with E-state index in [1.807, 2.05) is 0 Å². The highest BCUT2D eigenvalue weighted by Gasteiger charge is 2.22. The monoisotopic (exact) mass is 410 g/mol. The van der Waals surface area contributed by atoms with E-state index in [0.29, 0.717) is 11.5 Å². The van der Waals surface area contributed by atoms with Crippen molar-refractivity contribution in [3.8, 4) is 11.5 Å². The molecule has 0 unspecified atom stereocenters. The van der Waals surface area contributed by atoms with E-state index in [1.54, 1.807) is 25.1 Å². The van der Waals surface area contributed by atoms with Crippen molar-refractivity contribution in [2.75, 3.05) is 31.3 Å². The van der Waals surface area contributed by atoms with E-state index < -0.39 is 34.3 Å².